The summed E-state index contributed by atoms with van der Waals surface area (Å²) in [6.07, 6.45) is 0.678. The van der Waals surface area contributed by atoms with Crippen LogP contribution in [0.15, 0.2) is 42.5 Å². The zero-order valence-electron chi connectivity index (χ0n) is 12.2. The van der Waals surface area contributed by atoms with Crippen LogP contribution in [-0.4, -0.2) is 34.7 Å². The molecule has 0 heterocycles. The van der Waals surface area contributed by atoms with Gasteiger partial charge in [0.1, 0.15) is 6.04 Å². The Hall–Kier alpha value is -2.40. The molecule has 0 saturated carbocycles. The molecule has 0 spiro atoms. The van der Waals surface area contributed by atoms with E-state index in [4.69, 9.17) is 5.11 Å². The van der Waals surface area contributed by atoms with E-state index in [0.717, 1.165) is 16.3 Å². The molecule has 5 heteroatoms. The van der Waals surface area contributed by atoms with Gasteiger partial charge in [0.15, 0.2) is 0 Å². The molecule has 2 aromatic rings. The molecule has 1 atom stereocenters. The van der Waals surface area contributed by atoms with Gasteiger partial charge in [-0.2, -0.15) is 0 Å². The smallest absolute Gasteiger partial charge is 0.326 e. The maximum absolute atomic E-state index is 11.6. The van der Waals surface area contributed by atoms with Crippen molar-refractivity contribution in [2.45, 2.75) is 25.3 Å². The first kappa shape index (κ1) is 16.0. The average Bonchev–Trinajstić information content (AvgIpc) is 2.52. The van der Waals surface area contributed by atoms with Crippen molar-refractivity contribution in [3.63, 3.8) is 0 Å². The maximum Gasteiger partial charge on any atom is 0.326 e. The van der Waals surface area contributed by atoms with Gasteiger partial charge in [-0.05, 0) is 22.8 Å². The zero-order chi connectivity index (χ0) is 15.9. The normalized spacial score (nSPS) is 12.0. The first-order chi connectivity index (χ1) is 10.6. The molecule has 3 N–H and O–H groups in total. The molecule has 0 bridgehead atoms. The minimum absolute atomic E-state index is 0.0875. The van der Waals surface area contributed by atoms with Crippen molar-refractivity contribution in [2.75, 3.05) is 6.61 Å². The Morgan fingerprint density at radius 1 is 1.09 bits per heavy atom. The van der Waals surface area contributed by atoms with E-state index >= 15 is 0 Å². The first-order valence-electron chi connectivity index (χ1n) is 7.21. The lowest BCUT2D eigenvalue weighted by molar-refractivity contribution is -0.141. The molecule has 0 aliphatic heterocycles. The molecular formula is C17H19NO4. The summed E-state index contributed by atoms with van der Waals surface area (Å²) in [6, 6.07) is 12.6. The van der Waals surface area contributed by atoms with E-state index in [2.05, 4.69) is 5.32 Å². The lowest BCUT2D eigenvalue weighted by Gasteiger charge is -2.15. The molecule has 0 radical (unpaired) electrons. The SMILES string of the molecule is O=C(CCCO)NC(Cc1ccc2ccccc2c1)C(=O)O. The number of rotatable bonds is 7. The third-order valence-electron chi connectivity index (χ3n) is 3.45. The summed E-state index contributed by atoms with van der Waals surface area (Å²) in [4.78, 5) is 22.9. The Morgan fingerprint density at radius 3 is 2.50 bits per heavy atom. The summed E-state index contributed by atoms with van der Waals surface area (Å²) in [6.45, 7) is -0.0875. The van der Waals surface area contributed by atoms with E-state index in [9.17, 15) is 14.7 Å². The van der Waals surface area contributed by atoms with Crippen LogP contribution >= 0.6 is 0 Å². The van der Waals surface area contributed by atoms with Crippen LogP contribution in [0, 0.1) is 0 Å². The van der Waals surface area contributed by atoms with Gasteiger partial charge in [0.2, 0.25) is 5.91 Å². The Kier molecular flexibility index (Phi) is 5.49. The summed E-state index contributed by atoms with van der Waals surface area (Å²) in [5.74, 6) is -1.42. The summed E-state index contributed by atoms with van der Waals surface area (Å²) < 4.78 is 0. The number of carboxylic acids is 1. The van der Waals surface area contributed by atoms with Crippen LogP contribution in [-0.2, 0) is 16.0 Å². The number of amides is 1. The van der Waals surface area contributed by atoms with Gasteiger partial charge in [0.05, 0.1) is 0 Å². The van der Waals surface area contributed by atoms with Crippen LogP contribution in [0.5, 0.6) is 0 Å². The van der Waals surface area contributed by atoms with Gasteiger partial charge in [0.25, 0.3) is 0 Å². The molecule has 1 unspecified atom stereocenters. The van der Waals surface area contributed by atoms with Gasteiger partial charge >= 0.3 is 5.97 Å². The van der Waals surface area contributed by atoms with Crippen molar-refractivity contribution in [3.8, 4) is 0 Å². The number of aliphatic hydroxyl groups excluding tert-OH is 1. The Labute approximate surface area is 128 Å². The highest BCUT2D eigenvalue weighted by molar-refractivity contribution is 5.85. The number of carboxylic acid groups (broad SMARTS) is 1. The van der Waals surface area contributed by atoms with Crippen molar-refractivity contribution in [1.82, 2.24) is 5.32 Å². The van der Waals surface area contributed by atoms with E-state index in [0.29, 0.717) is 6.42 Å². The fourth-order valence-corrected chi connectivity index (χ4v) is 2.31. The number of benzene rings is 2. The second-order valence-corrected chi connectivity index (χ2v) is 5.17. The largest absolute Gasteiger partial charge is 0.480 e. The molecule has 22 heavy (non-hydrogen) atoms. The van der Waals surface area contributed by atoms with Gasteiger partial charge in [-0.1, -0.05) is 42.5 Å². The summed E-state index contributed by atoms with van der Waals surface area (Å²) in [5.41, 5.74) is 0.855. The third kappa shape index (κ3) is 4.30. The van der Waals surface area contributed by atoms with Gasteiger partial charge in [0, 0.05) is 19.4 Å². The average molecular weight is 301 g/mol. The highest BCUT2D eigenvalue weighted by atomic mass is 16.4. The molecule has 5 nitrogen and oxygen atoms in total. The molecule has 0 aliphatic rings. The predicted octanol–water partition coefficient (Wildman–Crippen LogP) is 1.72. The lowest BCUT2D eigenvalue weighted by atomic mass is 10.0. The van der Waals surface area contributed by atoms with Crippen LogP contribution < -0.4 is 5.32 Å². The first-order valence-corrected chi connectivity index (χ1v) is 7.21. The van der Waals surface area contributed by atoms with E-state index < -0.39 is 12.0 Å². The van der Waals surface area contributed by atoms with Crippen molar-refractivity contribution in [2.24, 2.45) is 0 Å². The Bertz CT molecular complexity index is 669. The zero-order valence-corrected chi connectivity index (χ0v) is 12.2. The Morgan fingerprint density at radius 2 is 1.82 bits per heavy atom. The van der Waals surface area contributed by atoms with Crippen LogP contribution in [0.2, 0.25) is 0 Å². The molecule has 0 aromatic heterocycles. The van der Waals surface area contributed by atoms with E-state index in [1.54, 1.807) is 0 Å². The minimum atomic E-state index is -1.06. The van der Waals surface area contributed by atoms with E-state index in [1.165, 1.54) is 0 Å². The second-order valence-electron chi connectivity index (χ2n) is 5.17. The number of hydrogen-bond acceptors (Lipinski definition) is 3. The van der Waals surface area contributed by atoms with Crippen LogP contribution in [0.1, 0.15) is 18.4 Å². The number of aliphatic carboxylic acids is 1. The van der Waals surface area contributed by atoms with Crippen molar-refractivity contribution in [1.29, 1.82) is 0 Å². The molecular weight excluding hydrogens is 282 g/mol. The molecule has 0 aliphatic carbocycles. The van der Waals surface area contributed by atoms with Crippen molar-refractivity contribution in [3.05, 3.63) is 48.0 Å². The number of hydrogen-bond donors (Lipinski definition) is 3. The fraction of sp³-hybridized carbons (Fsp3) is 0.294. The number of aliphatic hydroxyl groups is 1. The van der Waals surface area contributed by atoms with Crippen LogP contribution in [0.25, 0.3) is 10.8 Å². The molecule has 2 aromatic carbocycles. The van der Waals surface area contributed by atoms with Gasteiger partial charge in [-0.15, -0.1) is 0 Å². The monoisotopic (exact) mass is 301 g/mol. The predicted molar refractivity (Wildman–Crippen MR) is 83.5 cm³/mol. The highest BCUT2D eigenvalue weighted by Crippen LogP contribution is 2.16. The Balaban J connectivity index is 2.08. The second kappa shape index (κ2) is 7.56. The molecule has 0 fully saturated rings. The lowest BCUT2D eigenvalue weighted by Crippen LogP contribution is -2.42. The van der Waals surface area contributed by atoms with E-state index in [-0.39, 0.29) is 25.4 Å². The van der Waals surface area contributed by atoms with Crippen molar-refractivity contribution >= 4 is 22.6 Å². The van der Waals surface area contributed by atoms with E-state index in [1.807, 2.05) is 42.5 Å². The topological polar surface area (TPSA) is 86.6 Å². The maximum atomic E-state index is 11.6. The summed E-state index contributed by atoms with van der Waals surface area (Å²) >= 11 is 0. The van der Waals surface area contributed by atoms with Crippen LogP contribution in [0.3, 0.4) is 0 Å². The summed E-state index contributed by atoms with van der Waals surface area (Å²) in [5, 5.41) is 22.6. The number of carbonyl (C=O) groups is 2. The van der Waals surface area contributed by atoms with Gasteiger partial charge < -0.3 is 15.5 Å². The van der Waals surface area contributed by atoms with Crippen LogP contribution in [0.4, 0.5) is 0 Å². The number of fused-ring (bicyclic) bond motifs is 1. The molecule has 0 saturated heterocycles. The fourth-order valence-electron chi connectivity index (χ4n) is 2.31. The molecule has 2 rings (SSSR count). The quantitative estimate of drug-likeness (QED) is 0.727. The number of carbonyl (C=O) groups excluding carboxylic acids is 1. The molecule has 1 amide bonds. The highest BCUT2D eigenvalue weighted by Gasteiger charge is 2.20. The van der Waals surface area contributed by atoms with Gasteiger partial charge in [-0.3, -0.25) is 4.79 Å². The van der Waals surface area contributed by atoms with Crippen molar-refractivity contribution < 1.29 is 19.8 Å². The molecule has 116 valence electrons. The standard InChI is InChI=1S/C17H19NO4/c19-9-3-6-16(20)18-15(17(21)22)11-12-7-8-13-4-1-2-5-14(13)10-12/h1-2,4-5,7-8,10,15,19H,3,6,9,11H2,(H,18,20)(H,21,22). The number of nitrogens with one attached hydrogen (secondary N) is 1. The third-order valence-corrected chi connectivity index (χ3v) is 3.45. The minimum Gasteiger partial charge on any atom is -0.480 e. The summed E-state index contributed by atoms with van der Waals surface area (Å²) in [7, 11) is 0. The van der Waals surface area contributed by atoms with Gasteiger partial charge in [-0.25, -0.2) is 4.79 Å².